The minimum Gasteiger partial charge on any atom is -0.488 e. The van der Waals surface area contributed by atoms with Crippen molar-refractivity contribution >= 4 is 33.4 Å². The van der Waals surface area contributed by atoms with Crippen LogP contribution in [0, 0.1) is 5.82 Å². The van der Waals surface area contributed by atoms with Gasteiger partial charge in [-0.2, -0.15) is 17.9 Å². The highest BCUT2D eigenvalue weighted by molar-refractivity contribution is 7.89. The van der Waals surface area contributed by atoms with E-state index in [0.29, 0.717) is 6.92 Å². The van der Waals surface area contributed by atoms with Crippen LogP contribution < -0.4 is 20.1 Å². The molecular weight excluding hydrogens is 588 g/mol. The van der Waals surface area contributed by atoms with Crippen molar-refractivity contribution in [3.63, 3.8) is 0 Å². The number of amides is 3. The first-order chi connectivity index (χ1) is 18.9. The molecule has 3 heterocycles. The zero-order chi connectivity index (χ0) is 30.5. The highest BCUT2D eigenvalue weighted by Gasteiger charge is 2.49. The lowest BCUT2D eigenvalue weighted by Gasteiger charge is -2.27. The minimum absolute atomic E-state index is 0.0794. The van der Waals surface area contributed by atoms with E-state index in [9.17, 15) is 49.1 Å². The number of likely N-dealkylation sites (tertiary alicyclic amines) is 1. The number of anilines is 1. The predicted molar refractivity (Wildman–Crippen MR) is 128 cm³/mol. The molecule has 224 valence electrons. The molecule has 1 aromatic carbocycles. The molecule has 1 saturated heterocycles. The second kappa shape index (κ2) is 10.6. The Morgan fingerprint density at radius 3 is 2.51 bits per heavy atom. The Kier molecular flexibility index (Phi) is 7.76. The number of aryl methyl sites for hydroxylation is 1. The average Bonchev–Trinajstić information content (AvgIpc) is 3.40. The van der Waals surface area contributed by atoms with Crippen molar-refractivity contribution in [2.75, 3.05) is 25.0 Å². The summed E-state index contributed by atoms with van der Waals surface area (Å²) in [4.78, 5) is 38.1. The van der Waals surface area contributed by atoms with Gasteiger partial charge in [0.15, 0.2) is 11.4 Å². The van der Waals surface area contributed by atoms with Gasteiger partial charge < -0.3 is 24.8 Å². The average molecular weight is 612 g/mol. The summed E-state index contributed by atoms with van der Waals surface area (Å²) in [5, 5.41) is 3.85. The highest BCUT2D eigenvalue weighted by Crippen LogP contribution is 2.37. The number of benzene rings is 1. The van der Waals surface area contributed by atoms with E-state index in [1.54, 1.807) is 5.32 Å². The zero-order valence-electron chi connectivity index (χ0n) is 21.3. The summed E-state index contributed by atoms with van der Waals surface area (Å²) in [6, 6.07) is 0.189. The molecule has 11 nitrogen and oxygen atoms in total. The first-order valence-electron chi connectivity index (χ1n) is 11.9. The molecule has 3 N–H and O–H groups in total. The molecule has 3 amide bonds. The number of alkyl halides is 5. The molecule has 18 heteroatoms. The van der Waals surface area contributed by atoms with Gasteiger partial charge in [-0.3, -0.25) is 14.4 Å². The molecule has 2 aromatic rings. The van der Waals surface area contributed by atoms with Crippen LogP contribution in [0.15, 0.2) is 29.3 Å². The zero-order valence-corrected chi connectivity index (χ0v) is 22.1. The van der Waals surface area contributed by atoms with Crippen molar-refractivity contribution in [1.82, 2.24) is 19.5 Å². The first-order valence-corrected chi connectivity index (χ1v) is 13.3. The quantitative estimate of drug-likeness (QED) is 0.358. The van der Waals surface area contributed by atoms with Gasteiger partial charge in [-0.05, 0) is 31.5 Å². The van der Waals surface area contributed by atoms with Crippen LogP contribution in [0.25, 0.3) is 0 Å². The lowest BCUT2D eigenvalue weighted by atomic mass is 10.0. The van der Waals surface area contributed by atoms with Gasteiger partial charge in [0.1, 0.15) is 23.4 Å². The van der Waals surface area contributed by atoms with Crippen LogP contribution in [-0.4, -0.2) is 73.1 Å². The van der Waals surface area contributed by atoms with Gasteiger partial charge in [-0.1, -0.05) is 0 Å². The summed E-state index contributed by atoms with van der Waals surface area (Å²) in [5.74, 6) is -5.38. The molecule has 1 aromatic heterocycles. The van der Waals surface area contributed by atoms with Gasteiger partial charge in [0.05, 0.1) is 11.1 Å². The lowest BCUT2D eigenvalue weighted by Crippen LogP contribution is -2.55. The number of nitrogens with one attached hydrogen (secondary N) is 3. The highest BCUT2D eigenvalue weighted by atomic mass is 32.2. The SMILES string of the molecule is CC(NC(=O)C(=O)N1CC[C@]2(COc3c(cn(C)c3C(=O)Nc3ccc(F)c(C(F)F)c3)S(=O)(=O)N2)C1)C(F)(F)F. The maximum atomic E-state index is 13.6. The maximum absolute atomic E-state index is 13.6. The summed E-state index contributed by atoms with van der Waals surface area (Å²) in [5.41, 5.74) is -2.97. The Labute approximate surface area is 228 Å². The number of aromatic nitrogens is 1. The van der Waals surface area contributed by atoms with Crippen molar-refractivity contribution in [2.24, 2.45) is 7.05 Å². The van der Waals surface area contributed by atoms with Gasteiger partial charge in [0.25, 0.3) is 12.3 Å². The van der Waals surface area contributed by atoms with E-state index in [4.69, 9.17) is 4.74 Å². The number of hydrogen-bond acceptors (Lipinski definition) is 6. The molecule has 2 aliphatic heterocycles. The van der Waals surface area contributed by atoms with Gasteiger partial charge in [0, 0.05) is 32.0 Å². The van der Waals surface area contributed by atoms with E-state index in [1.165, 1.54) is 7.05 Å². The number of fused-ring (bicyclic) bond motifs is 1. The first kappa shape index (κ1) is 30.2. The minimum atomic E-state index is -4.79. The number of carbonyl (C=O) groups is 3. The van der Waals surface area contributed by atoms with Crippen LogP contribution in [-0.2, 0) is 26.7 Å². The van der Waals surface area contributed by atoms with E-state index in [2.05, 4.69) is 10.0 Å². The van der Waals surface area contributed by atoms with Gasteiger partial charge in [-0.25, -0.2) is 21.6 Å². The second-order valence-corrected chi connectivity index (χ2v) is 11.3. The summed E-state index contributed by atoms with van der Waals surface area (Å²) in [6.07, 6.45) is -6.97. The van der Waals surface area contributed by atoms with Gasteiger partial charge in [-0.15, -0.1) is 0 Å². The maximum Gasteiger partial charge on any atom is 0.408 e. The predicted octanol–water partition coefficient (Wildman–Crippen LogP) is 2.06. The molecule has 4 rings (SSSR count). The van der Waals surface area contributed by atoms with Gasteiger partial charge in [0.2, 0.25) is 10.0 Å². The fourth-order valence-corrected chi connectivity index (χ4v) is 6.06. The van der Waals surface area contributed by atoms with Crippen molar-refractivity contribution in [3.8, 4) is 5.75 Å². The molecule has 1 spiro atoms. The number of hydrogen-bond donors (Lipinski definition) is 3. The summed E-state index contributed by atoms with van der Waals surface area (Å²) < 4.78 is 114. The van der Waals surface area contributed by atoms with Crippen LogP contribution in [0.1, 0.15) is 35.8 Å². The second-order valence-electron chi connectivity index (χ2n) is 9.66. The normalized spacial score (nSPS) is 20.8. The van der Waals surface area contributed by atoms with Crippen LogP contribution in [0.4, 0.5) is 32.0 Å². The van der Waals surface area contributed by atoms with E-state index in [1.807, 2.05) is 0 Å². The Morgan fingerprint density at radius 1 is 1.20 bits per heavy atom. The van der Waals surface area contributed by atoms with E-state index >= 15 is 0 Å². The van der Waals surface area contributed by atoms with Crippen molar-refractivity contribution in [1.29, 1.82) is 0 Å². The van der Waals surface area contributed by atoms with Crippen LogP contribution in [0.5, 0.6) is 5.75 Å². The topological polar surface area (TPSA) is 139 Å². The fourth-order valence-electron chi connectivity index (χ4n) is 4.46. The molecule has 1 unspecified atom stereocenters. The standard InChI is InChI=1S/C23H23F6N5O6S/c1-11(23(27,28)29)30-20(36)21(37)34-6-5-22(9-34)10-40-17-15(41(38,39)32-22)8-33(2)16(17)19(35)31-12-3-4-14(24)13(7-12)18(25)26/h3-4,7-8,11,18,32H,5-6,9-10H2,1-2H3,(H,30,36)(H,31,35)/t11?,22-/m1/s1. The number of rotatable bonds is 4. The fraction of sp³-hybridized carbons (Fsp3) is 0.435. The van der Waals surface area contributed by atoms with E-state index in [0.717, 1.165) is 33.9 Å². The number of ether oxygens (including phenoxy) is 1. The smallest absolute Gasteiger partial charge is 0.408 e. The molecule has 0 radical (unpaired) electrons. The molecule has 0 bridgehead atoms. The Morgan fingerprint density at radius 2 is 1.88 bits per heavy atom. The summed E-state index contributed by atoms with van der Waals surface area (Å²) in [7, 11) is -3.10. The van der Waals surface area contributed by atoms with Crippen molar-refractivity contribution < 1.29 is 53.9 Å². The summed E-state index contributed by atoms with van der Waals surface area (Å²) in [6.45, 7) is -0.410. The van der Waals surface area contributed by atoms with Crippen molar-refractivity contribution in [3.05, 3.63) is 41.5 Å². The number of nitrogens with zero attached hydrogens (tertiary/aromatic N) is 2. The molecule has 1 fully saturated rings. The number of halogens is 6. The molecule has 0 aliphatic carbocycles. The molecule has 41 heavy (non-hydrogen) atoms. The summed E-state index contributed by atoms with van der Waals surface area (Å²) >= 11 is 0. The number of sulfonamides is 1. The lowest BCUT2D eigenvalue weighted by molar-refractivity contribution is -0.162. The molecule has 0 saturated carbocycles. The third kappa shape index (κ3) is 5.97. The Hall–Kier alpha value is -3.80. The van der Waals surface area contributed by atoms with Crippen LogP contribution >= 0.6 is 0 Å². The largest absolute Gasteiger partial charge is 0.488 e. The third-order valence-electron chi connectivity index (χ3n) is 6.61. The molecular formula is C23H23F6N5O6S. The van der Waals surface area contributed by atoms with E-state index in [-0.39, 0.29) is 24.3 Å². The van der Waals surface area contributed by atoms with Gasteiger partial charge >= 0.3 is 18.0 Å². The Balaban J connectivity index is 1.54. The van der Waals surface area contributed by atoms with E-state index < -0.39 is 87.1 Å². The van der Waals surface area contributed by atoms with Crippen LogP contribution in [0.3, 0.4) is 0 Å². The van der Waals surface area contributed by atoms with Crippen LogP contribution in [0.2, 0.25) is 0 Å². The number of carbonyl (C=O) groups excluding carboxylic acids is 3. The third-order valence-corrected chi connectivity index (χ3v) is 8.19. The molecule has 2 atom stereocenters. The Bertz CT molecular complexity index is 1510. The van der Waals surface area contributed by atoms with Crippen molar-refractivity contribution in [2.45, 2.75) is 42.4 Å². The molecule has 2 aliphatic rings. The monoisotopic (exact) mass is 611 g/mol.